The molecule has 4 fully saturated rings. The molecule has 5 heteroatoms. The number of hydrogen-bond donors (Lipinski definition) is 1. The van der Waals surface area contributed by atoms with Crippen molar-refractivity contribution >= 4 is 14.2 Å². The molecule has 0 spiro atoms. The molecule has 4 aliphatic rings. The second-order valence-electron chi connectivity index (χ2n) is 9.20. The topological polar surface area (TPSA) is 38.3 Å². The predicted molar refractivity (Wildman–Crippen MR) is 93.0 cm³/mol. The molecule has 0 radical (unpaired) electrons. The molecule has 4 bridgehead atoms. The predicted octanol–water partition coefficient (Wildman–Crippen LogP) is 4.52. The van der Waals surface area contributed by atoms with Crippen molar-refractivity contribution in [2.75, 3.05) is 6.61 Å². The third-order valence-electron chi connectivity index (χ3n) is 6.21. The van der Waals surface area contributed by atoms with Gasteiger partial charge < -0.3 is 10.1 Å². The molecule has 4 rings (SSSR count). The summed E-state index contributed by atoms with van der Waals surface area (Å²) in [6, 6.07) is 0.962. The normalized spacial score (nSPS) is 41.7. The Morgan fingerprint density at radius 1 is 1.30 bits per heavy atom. The van der Waals surface area contributed by atoms with Gasteiger partial charge in [0.25, 0.3) is 0 Å². The van der Waals surface area contributed by atoms with Gasteiger partial charge in [0.1, 0.15) is 5.67 Å². The van der Waals surface area contributed by atoms with Gasteiger partial charge in [0.05, 0.1) is 12.1 Å². The van der Waals surface area contributed by atoms with Crippen LogP contribution in [0.1, 0.15) is 32.1 Å². The maximum atomic E-state index is 14.9. The molecule has 0 aromatic rings. The quantitative estimate of drug-likeness (QED) is 0.590. The Morgan fingerprint density at radius 2 is 1.91 bits per heavy atom. The highest BCUT2D eigenvalue weighted by Crippen LogP contribution is 2.61. The van der Waals surface area contributed by atoms with Crippen LogP contribution < -0.4 is 5.32 Å². The van der Waals surface area contributed by atoms with E-state index in [9.17, 15) is 9.18 Å². The lowest BCUT2D eigenvalue weighted by atomic mass is 9.47. The Balaban J connectivity index is 1.65. The minimum atomic E-state index is -1.21. The Kier molecular flexibility index (Phi) is 4.14. The van der Waals surface area contributed by atoms with Crippen LogP contribution >= 0.6 is 0 Å². The zero-order valence-corrected chi connectivity index (χ0v) is 15.7. The van der Waals surface area contributed by atoms with E-state index in [1.165, 1.54) is 0 Å². The monoisotopic (exact) mass is 339 g/mol. The third kappa shape index (κ3) is 3.21. The van der Waals surface area contributed by atoms with Crippen LogP contribution in [0.2, 0.25) is 25.7 Å². The highest BCUT2D eigenvalue weighted by Gasteiger charge is 2.62. The van der Waals surface area contributed by atoms with Crippen molar-refractivity contribution in [2.24, 2.45) is 17.8 Å². The molecule has 23 heavy (non-hydrogen) atoms. The van der Waals surface area contributed by atoms with E-state index in [2.05, 4.69) is 31.5 Å². The summed E-state index contributed by atoms with van der Waals surface area (Å²) in [4.78, 5) is 12.3. The average molecular weight is 340 g/mol. The number of halogens is 1. The molecule has 0 aromatic carbocycles. The van der Waals surface area contributed by atoms with Gasteiger partial charge in [-0.3, -0.25) is 0 Å². The fraction of sp³-hybridized carbons (Fsp3) is 0.833. The highest BCUT2D eigenvalue weighted by atomic mass is 28.3. The molecule has 0 aliphatic heterocycles. The van der Waals surface area contributed by atoms with E-state index in [1.54, 1.807) is 0 Å². The number of rotatable bonds is 5. The Labute approximate surface area is 140 Å². The van der Waals surface area contributed by atoms with Gasteiger partial charge in [-0.25, -0.2) is 9.18 Å². The second-order valence-corrected chi connectivity index (χ2v) is 14.8. The number of hydrogen-bond acceptors (Lipinski definition) is 2. The molecular weight excluding hydrogens is 309 g/mol. The SMILES string of the molecule is C=C[C@]1(NC(=O)OCC[Si](C)(C)C)[C@@H]2C[C@H]3C[C@@H]1C[C@](F)(C2)C3. The van der Waals surface area contributed by atoms with E-state index in [-0.39, 0.29) is 17.9 Å². The summed E-state index contributed by atoms with van der Waals surface area (Å²) in [5.41, 5.74) is -1.48. The minimum Gasteiger partial charge on any atom is -0.450 e. The first-order valence-corrected chi connectivity index (χ1v) is 12.6. The first-order chi connectivity index (χ1) is 10.7. The molecule has 0 saturated heterocycles. The molecule has 0 aromatic heterocycles. The number of amides is 1. The van der Waals surface area contributed by atoms with Crippen molar-refractivity contribution < 1.29 is 13.9 Å². The summed E-state index contributed by atoms with van der Waals surface area (Å²) in [7, 11) is -1.21. The lowest BCUT2D eigenvalue weighted by molar-refractivity contribution is -0.115. The smallest absolute Gasteiger partial charge is 0.407 e. The lowest BCUT2D eigenvalue weighted by Crippen LogP contribution is -2.68. The molecular formula is C18H30FNO2Si. The summed E-state index contributed by atoms with van der Waals surface area (Å²) in [5, 5.41) is 3.10. The van der Waals surface area contributed by atoms with Crippen LogP contribution in [0.5, 0.6) is 0 Å². The van der Waals surface area contributed by atoms with Crippen LogP contribution in [-0.4, -0.2) is 32.0 Å². The minimum absolute atomic E-state index is 0.167. The molecule has 0 unspecified atom stereocenters. The van der Waals surface area contributed by atoms with Crippen molar-refractivity contribution in [2.45, 2.75) is 69.0 Å². The Bertz CT molecular complexity index is 486. The maximum Gasteiger partial charge on any atom is 0.407 e. The molecule has 3 nitrogen and oxygen atoms in total. The van der Waals surface area contributed by atoms with Crippen molar-refractivity contribution in [1.82, 2.24) is 5.32 Å². The molecule has 1 N–H and O–H groups in total. The third-order valence-corrected chi connectivity index (χ3v) is 7.91. The van der Waals surface area contributed by atoms with Gasteiger partial charge in [0.15, 0.2) is 0 Å². The fourth-order valence-corrected chi connectivity index (χ4v) is 5.91. The van der Waals surface area contributed by atoms with Gasteiger partial charge in [0.2, 0.25) is 0 Å². The summed E-state index contributed by atoms with van der Waals surface area (Å²) < 4.78 is 20.3. The number of carbonyl (C=O) groups excluding carboxylic acids is 1. The van der Waals surface area contributed by atoms with Crippen LogP contribution in [0.3, 0.4) is 0 Å². The zero-order valence-electron chi connectivity index (χ0n) is 14.7. The van der Waals surface area contributed by atoms with Crippen LogP contribution in [0, 0.1) is 17.8 Å². The van der Waals surface area contributed by atoms with Gasteiger partial charge in [0, 0.05) is 8.07 Å². The molecule has 130 valence electrons. The van der Waals surface area contributed by atoms with E-state index >= 15 is 0 Å². The molecule has 1 amide bonds. The van der Waals surface area contributed by atoms with Gasteiger partial charge in [-0.05, 0) is 55.9 Å². The van der Waals surface area contributed by atoms with E-state index in [0.29, 0.717) is 31.8 Å². The summed E-state index contributed by atoms with van der Waals surface area (Å²) in [6.45, 7) is 11.2. The van der Waals surface area contributed by atoms with Crippen molar-refractivity contribution in [3.8, 4) is 0 Å². The van der Waals surface area contributed by atoms with E-state index in [1.807, 2.05) is 6.08 Å². The van der Waals surface area contributed by atoms with E-state index in [4.69, 9.17) is 4.74 Å². The maximum absolute atomic E-state index is 14.9. The summed E-state index contributed by atoms with van der Waals surface area (Å²) >= 11 is 0. The summed E-state index contributed by atoms with van der Waals surface area (Å²) in [6.07, 6.45) is 5.34. The Morgan fingerprint density at radius 3 is 2.39 bits per heavy atom. The first-order valence-electron chi connectivity index (χ1n) is 8.93. The number of carbonyl (C=O) groups is 1. The Hall–Kier alpha value is -0.843. The largest absolute Gasteiger partial charge is 0.450 e. The lowest BCUT2D eigenvalue weighted by Gasteiger charge is -2.62. The van der Waals surface area contributed by atoms with E-state index in [0.717, 1.165) is 18.9 Å². The van der Waals surface area contributed by atoms with Gasteiger partial charge in [-0.15, -0.1) is 6.58 Å². The van der Waals surface area contributed by atoms with Crippen LogP contribution in [0.25, 0.3) is 0 Å². The number of ether oxygens (including phenoxy) is 1. The van der Waals surface area contributed by atoms with Gasteiger partial charge in [-0.2, -0.15) is 0 Å². The number of alkyl halides is 1. The molecule has 0 heterocycles. The fourth-order valence-electron chi connectivity index (χ4n) is 5.20. The molecule has 4 saturated carbocycles. The van der Waals surface area contributed by atoms with Crippen molar-refractivity contribution in [3.63, 3.8) is 0 Å². The van der Waals surface area contributed by atoms with Crippen molar-refractivity contribution in [3.05, 3.63) is 12.7 Å². The van der Waals surface area contributed by atoms with Crippen LogP contribution in [-0.2, 0) is 4.74 Å². The zero-order chi connectivity index (χ0) is 16.9. The average Bonchev–Trinajstić information content (AvgIpc) is 2.39. The summed E-state index contributed by atoms with van der Waals surface area (Å²) in [5.74, 6) is 0.817. The van der Waals surface area contributed by atoms with E-state index < -0.39 is 19.3 Å². The van der Waals surface area contributed by atoms with Gasteiger partial charge >= 0.3 is 6.09 Å². The standard InChI is InChI=1S/C18H30FNO2Si/c1-5-18(20-16(21)22-6-7-23(2,3)4)14-8-13-9-15(18)12-17(19,10-13)11-14/h5,13-15H,1,6-12H2,2-4H3,(H,20,21)/t13-,14-,15-,17+,18-/m1/s1. The molecule has 4 aliphatic carbocycles. The van der Waals surface area contributed by atoms with Gasteiger partial charge in [-0.1, -0.05) is 25.7 Å². The first kappa shape index (κ1) is 17.0. The second kappa shape index (κ2) is 5.61. The highest BCUT2D eigenvalue weighted by molar-refractivity contribution is 6.76. The van der Waals surface area contributed by atoms with Crippen molar-refractivity contribution in [1.29, 1.82) is 0 Å². The van der Waals surface area contributed by atoms with Crippen LogP contribution in [0.4, 0.5) is 9.18 Å². The van der Waals surface area contributed by atoms with Crippen LogP contribution in [0.15, 0.2) is 12.7 Å². The number of nitrogens with one attached hydrogen (secondary N) is 1. The molecule has 2 atom stereocenters. The number of alkyl carbamates (subject to hydrolysis) is 1.